The summed E-state index contributed by atoms with van der Waals surface area (Å²) in [6.07, 6.45) is 2.42. The van der Waals surface area contributed by atoms with Gasteiger partial charge >= 0.3 is 0 Å². The van der Waals surface area contributed by atoms with Crippen LogP contribution >= 0.6 is 11.3 Å². The summed E-state index contributed by atoms with van der Waals surface area (Å²) in [6, 6.07) is 0. The summed E-state index contributed by atoms with van der Waals surface area (Å²) < 4.78 is 0. The molecule has 1 aromatic rings. The normalized spacial score (nSPS) is 17.8. The Bertz CT molecular complexity index is 527. The first-order chi connectivity index (χ1) is 11.6. The first kappa shape index (κ1) is 19.1. The molecule has 0 bridgehead atoms. The van der Waals surface area contributed by atoms with Crippen molar-refractivity contribution in [3.63, 3.8) is 0 Å². The summed E-state index contributed by atoms with van der Waals surface area (Å²) in [5.41, 5.74) is 1.12. The molecule has 0 radical (unpaired) electrons. The van der Waals surface area contributed by atoms with Crippen LogP contribution in [0.15, 0.2) is 4.99 Å². The van der Waals surface area contributed by atoms with Crippen molar-refractivity contribution in [3.05, 3.63) is 15.6 Å². The summed E-state index contributed by atoms with van der Waals surface area (Å²) in [5.74, 6) is 0.871. The number of rotatable bonds is 6. The number of hydrogen-bond acceptors (Lipinski definition) is 5. The molecule has 0 saturated carbocycles. The average Bonchev–Trinajstić information content (AvgIpc) is 2.74. The van der Waals surface area contributed by atoms with Gasteiger partial charge < -0.3 is 20.4 Å². The van der Waals surface area contributed by atoms with Gasteiger partial charge in [0, 0.05) is 31.6 Å². The fourth-order valence-electron chi connectivity index (χ4n) is 2.96. The second-order valence-corrected chi connectivity index (χ2v) is 7.73. The van der Waals surface area contributed by atoms with E-state index in [1.54, 1.807) is 11.3 Å². The number of nitrogens with one attached hydrogen (secondary N) is 2. The molecule has 0 aromatic carbocycles. The second kappa shape index (κ2) is 9.96. The van der Waals surface area contributed by atoms with E-state index < -0.39 is 0 Å². The second-order valence-electron chi connectivity index (χ2n) is 6.45. The van der Waals surface area contributed by atoms with E-state index in [1.165, 1.54) is 37.5 Å². The lowest BCUT2D eigenvalue weighted by Crippen LogP contribution is -2.38. The Morgan fingerprint density at radius 2 is 2.04 bits per heavy atom. The zero-order valence-electron chi connectivity index (χ0n) is 15.6. The van der Waals surface area contributed by atoms with Gasteiger partial charge in [-0.05, 0) is 53.4 Å². The molecule has 0 unspecified atom stereocenters. The maximum atomic E-state index is 4.46. The third kappa shape index (κ3) is 6.37. The van der Waals surface area contributed by atoms with Crippen molar-refractivity contribution >= 4 is 17.3 Å². The lowest BCUT2D eigenvalue weighted by Gasteiger charge is -2.20. The van der Waals surface area contributed by atoms with Crippen LogP contribution in [-0.4, -0.2) is 74.1 Å². The molecule has 2 heterocycles. The van der Waals surface area contributed by atoms with Crippen molar-refractivity contribution < 1.29 is 0 Å². The molecule has 0 spiro atoms. The standard InChI is InChI=1S/C17H32N6S/c1-14-16(24-15(2)21-14)13-20-17(18-3)19-7-5-9-23-10-6-8-22(4)11-12-23/h5-13H2,1-4H3,(H2,18,19,20). The number of hydrogen-bond donors (Lipinski definition) is 2. The van der Waals surface area contributed by atoms with E-state index in [0.29, 0.717) is 0 Å². The Morgan fingerprint density at radius 3 is 2.75 bits per heavy atom. The van der Waals surface area contributed by atoms with Crippen LogP contribution < -0.4 is 10.6 Å². The molecular formula is C17H32N6S. The highest BCUT2D eigenvalue weighted by Gasteiger charge is 2.11. The third-order valence-corrected chi connectivity index (χ3v) is 5.47. The lowest BCUT2D eigenvalue weighted by atomic mass is 10.3. The van der Waals surface area contributed by atoms with Gasteiger partial charge in [-0.1, -0.05) is 0 Å². The van der Waals surface area contributed by atoms with Gasteiger partial charge in [0.1, 0.15) is 0 Å². The van der Waals surface area contributed by atoms with Crippen LogP contribution in [0.25, 0.3) is 0 Å². The van der Waals surface area contributed by atoms with E-state index in [1.807, 2.05) is 7.05 Å². The number of likely N-dealkylation sites (N-methyl/N-ethyl adjacent to an activating group) is 1. The van der Waals surface area contributed by atoms with Crippen LogP contribution in [-0.2, 0) is 6.54 Å². The fourth-order valence-corrected chi connectivity index (χ4v) is 3.83. The van der Waals surface area contributed by atoms with Crippen molar-refractivity contribution in [1.82, 2.24) is 25.4 Å². The van der Waals surface area contributed by atoms with Crippen molar-refractivity contribution in [2.45, 2.75) is 33.2 Å². The Kier molecular flexibility index (Phi) is 7.94. The van der Waals surface area contributed by atoms with Crippen LogP contribution in [0.3, 0.4) is 0 Å². The van der Waals surface area contributed by atoms with E-state index in [-0.39, 0.29) is 0 Å². The Labute approximate surface area is 150 Å². The molecule has 1 aliphatic rings. The smallest absolute Gasteiger partial charge is 0.191 e. The first-order valence-corrected chi connectivity index (χ1v) is 9.68. The minimum Gasteiger partial charge on any atom is -0.356 e. The van der Waals surface area contributed by atoms with Gasteiger partial charge in [-0.3, -0.25) is 4.99 Å². The lowest BCUT2D eigenvalue weighted by molar-refractivity contribution is 0.274. The summed E-state index contributed by atoms with van der Waals surface area (Å²) in [4.78, 5) is 15.1. The highest BCUT2D eigenvalue weighted by atomic mass is 32.1. The SMILES string of the molecule is CN=C(NCCCN1CCCN(C)CC1)NCc1sc(C)nc1C. The topological polar surface area (TPSA) is 55.8 Å². The highest BCUT2D eigenvalue weighted by molar-refractivity contribution is 7.11. The number of aryl methyl sites for hydroxylation is 2. The Morgan fingerprint density at radius 1 is 1.21 bits per heavy atom. The van der Waals surface area contributed by atoms with Crippen LogP contribution in [0.5, 0.6) is 0 Å². The molecule has 0 amide bonds. The van der Waals surface area contributed by atoms with Crippen molar-refractivity contribution in [2.75, 3.05) is 53.4 Å². The monoisotopic (exact) mass is 352 g/mol. The summed E-state index contributed by atoms with van der Waals surface area (Å²) in [6.45, 7) is 11.8. The van der Waals surface area contributed by atoms with Gasteiger partial charge in [-0.2, -0.15) is 0 Å². The molecule has 136 valence electrons. The quantitative estimate of drug-likeness (QED) is 0.461. The van der Waals surface area contributed by atoms with Gasteiger partial charge in [0.15, 0.2) is 5.96 Å². The maximum Gasteiger partial charge on any atom is 0.191 e. The minimum atomic E-state index is 0.787. The fraction of sp³-hybridized carbons (Fsp3) is 0.765. The van der Waals surface area contributed by atoms with Crippen LogP contribution in [0.2, 0.25) is 0 Å². The maximum absolute atomic E-state index is 4.46. The van der Waals surface area contributed by atoms with E-state index in [2.05, 4.69) is 51.3 Å². The van der Waals surface area contributed by atoms with E-state index >= 15 is 0 Å². The molecule has 1 aromatic heterocycles. The van der Waals surface area contributed by atoms with E-state index in [9.17, 15) is 0 Å². The van der Waals surface area contributed by atoms with Gasteiger partial charge in [-0.25, -0.2) is 4.98 Å². The van der Waals surface area contributed by atoms with Crippen molar-refractivity contribution in [1.29, 1.82) is 0 Å². The van der Waals surface area contributed by atoms with Crippen LogP contribution in [0, 0.1) is 13.8 Å². The minimum absolute atomic E-state index is 0.787. The third-order valence-electron chi connectivity index (χ3n) is 4.40. The molecule has 1 saturated heterocycles. The predicted octanol–water partition coefficient (Wildman–Crippen LogP) is 1.45. The molecule has 0 aliphatic carbocycles. The van der Waals surface area contributed by atoms with Gasteiger partial charge in [0.25, 0.3) is 0 Å². The molecule has 2 N–H and O–H groups in total. The van der Waals surface area contributed by atoms with Gasteiger partial charge in [0.05, 0.1) is 17.2 Å². The number of nitrogens with zero attached hydrogens (tertiary/aromatic N) is 4. The largest absolute Gasteiger partial charge is 0.356 e. The predicted molar refractivity (Wildman–Crippen MR) is 103 cm³/mol. The van der Waals surface area contributed by atoms with Crippen molar-refractivity contribution in [3.8, 4) is 0 Å². The molecule has 6 nitrogen and oxygen atoms in total. The first-order valence-electron chi connectivity index (χ1n) is 8.87. The molecule has 2 rings (SSSR count). The molecule has 0 atom stereocenters. The zero-order chi connectivity index (χ0) is 17.4. The van der Waals surface area contributed by atoms with Gasteiger partial charge in [-0.15, -0.1) is 11.3 Å². The van der Waals surface area contributed by atoms with E-state index in [0.717, 1.165) is 42.7 Å². The molecule has 7 heteroatoms. The molecule has 24 heavy (non-hydrogen) atoms. The summed E-state index contributed by atoms with van der Waals surface area (Å²) >= 11 is 1.75. The Balaban J connectivity index is 1.64. The van der Waals surface area contributed by atoms with Gasteiger partial charge in [0.2, 0.25) is 0 Å². The number of guanidine groups is 1. The average molecular weight is 353 g/mol. The van der Waals surface area contributed by atoms with Crippen molar-refractivity contribution in [2.24, 2.45) is 4.99 Å². The van der Waals surface area contributed by atoms with E-state index in [4.69, 9.17) is 0 Å². The molecule has 1 fully saturated rings. The number of aliphatic imine (C=N–C) groups is 1. The number of aromatic nitrogens is 1. The number of thiazole rings is 1. The Hall–Kier alpha value is -1.18. The highest BCUT2D eigenvalue weighted by Crippen LogP contribution is 2.16. The van der Waals surface area contributed by atoms with Crippen LogP contribution in [0.1, 0.15) is 28.4 Å². The molecular weight excluding hydrogens is 320 g/mol. The summed E-state index contributed by atoms with van der Waals surface area (Å²) in [5, 5.41) is 7.92. The summed E-state index contributed by atoms with van der Waals surface area (Å²) in [7, 11) is 4.04. The molecule has 1 aliphatic heterocycles. The zero-order valence-corrected chi connectivity index (χ0v) is 16.4. The van der Waals surface area contributed by atoms with Crippen LogP contribution in [0.4, 0.5) is 0 Å².